The first-order chi connectivity index (χ1) is 23.5. The maximum Gasteiger partial charge on any atom is 0.361 e. The smallest absolute Gasteiger partial charge is 0.361 e. The SMILES string of the molecule is CCCCc1nc(Cl)c(C(=O)OC(C)OC(=O)CCC[C@H](CON(O)O)ON(O)O)n1Cc1ccc(-c2ccccc2-c2nn[nH]n2)cc1. The molecule has 0 aliphatic carbocycles. The van der Waals surface area contributed by atoms with Gasteiger partial charge in [-0.15, -0.1) is 10.2 Å². The van der Waals surface area contributed by atoms with Gasteiger partial charge in [-0.2, -0.15) is 5.21 Å². The van der Waals surface area contributed by atoms with E-state index in [4.69, 9.17) is 41.9 Å². The highest BCUT2D eigenvalue weighted by molar-refractivity contribution is 6.32. The average molecular weight is 705 g/mol. The first-order valence-electron chi connectivity index (χ1n) is 15.3. The molecule has 0 saturated heterocycles. The Hall–Kier alpha value is -4.37. The standard InChI is InChI=1S/C30H37ClN8O10/c1-3-4-11-25-32-28(31)27(30(41)48-19(2)47-26(40)12-7-8-22(49-39(44)45)18-46-38(42)43)37(25)17-20-13-15-21(16-14-20)23-9-5-6-10-24(23)29-33-35-36-34-29/h5-6,9-10,13-16,19,22,42-45H,3-4,7-8,11-12,17-18H2,1-2H3,(H,33,34,35,36)/t19?,22-/m1/s1. The molecule has 0 bridgehead atoms. The zero-order chi connectivity index (χ0) is 35.3. The number of imidazole rings is 1. The molecule has 0 spiro atoms. The van der Waals surface area contributed by atoms with Crippen LogP contribution in [0.25, 0.3) is 22.5 Å². The molecule has 5 N–H and O–H groups in total. The van der Waals surface area contributed by atoms with Gasteiger partial charge in [-0.1, -0.05) is 73.5 Å². The molecule has 2 atom stereocenters. The van der Waals surface area contributed by atoms with Crippen molar-refractivity contribution in [3.8, 4) is 22.5 Å². The number of unbranched alkanes of at least 4 members (excludes halogenated alkanes) is 1. The molecule has 1 unspecified atom stereocenters. The number of hydrogen-bond acceptors (Lipinski definition) is 16. The van der Waals surface area contributed by atoms with Crippen LogP contribution >= 0.6 is 11.6 Å². The minimum Gasteiger partial charge on any atom is -0.425 e. The highest BCUT2D eigenvalue weighted by atomic mass is 35.5. The lowest BCUT2D eigenvalue weighted by Crippen LogP contribution is -2.31. The van der Waals surface area contributed by atoms with Crippen LogP contribution in [0.5, 0.6) is 0 Å². The van der Waals surface area contributed by atoms with Crippen molar-refractivity contribution in [2.24, 2.45) is 0 Å². The fourth-order valence-corrected chi connectivity index (χ4v) is 5.21. The van der Waals surface area contributed by atoms with Crippen molar-refractivity contribution in [3.05, 3.63) is 70.8 Å². The summed E-state index contributed by atoms with van der Waals surface area (Å²) in [5.41, 5.74) is 3.54. The first-order valence-corrected chi connectivity index (χ1v) is 15.7. The van der Waals surface area contributed by atoms with Gasteiger partial charge in [0.2, 0.25) is 12.1 Å². The average Bonchev–Trinajstić information content (AvgIpc) is 3.70. The number of carbonyl (C=O) groups is 2. The van der Waals surface area contributed by atoms with E-state index in [1.54, 1.807) is 4.57 Å². The molecule has 0 aliphatic heterocycles. The Morgan fingerprint density at radius 2 is 1.73 bits per heavy atom. The van der Waals surface area contributed by atoms with Crippen LogP contribution in [0.2, 0.25) is 5.15 Å². The van der Waals surface area contributed by atoms with E-state index in [2.05, 4.69) is 35.3 Å². The maximum atomic E-state index is 13.4. The molecule has 2 aromatic carbocycles. The molecule has 264 valence electrons. The van der Waals surface area contributed by atoms with Crippen LogP contribution in [0.4, 0.5) is 0 Å². The number of nitrogens with one attached hydrogen (secondary N) is 1. The van der Waals surface area contributed by atoms with Crippen molar-refractivity contribution in [2.75, 3.05) is 6.61 Å². The Balaban J connectivity index is 1.42. The molecular formula is C30H37ClN8O10. The molecule has 4 aromatic rings. The number of rotatable bonds is 19. The van der Waals surface area contributed by atoms with Crippen LogP contribution in [0.3, 0.4) is 0 Å². The summed E-state index contributed by atoms with van der Waals surface area (Å²) >= 11 is 6.47. The number of nitrogens with zero attached hydrogens (tertiary/aromatic N) is 7. The number of tetrazole rings is 1. The molecule has 49 heavy (non-hydrogen) atoms. The van der Waals surface area contributed by atoms with Crippen LogP contribution in [0.15, 0.2) is 48.5 Å². The molecule has 0 aliphatic rings. The zero-order valence-corrected chi connectivity index (χ0v) is 27.4. The summed E-state index contributed by atoms with van der Waals surface area (Å²) in [6, 6.07) is 15.5. The molecule has 0 saturated carbocycles. The van der Waals surface area contributed by atoms with E-state index < -0.39 is 41.7 Å². The Morgan fingerprint density at radius 3 is 2.39 bits per heavy atom. The lowest BCUT2D eigenvalue weighted by atomic mass is 9.98. The van der Waals surface area contributed by atoms with Crippen molar-refractivity contribution in [3.63, 3.8) is 0 Å². The summed E-state index contributed by atoms with van der Waals surface area (Å²) in [5, 5.41) is 48.2. The topological polar surface area (TPSA) is 231 Å². The van der Waals surface area contributed by atoms with Gasteiger partial charge in [0.15, 0.2) is 10.8 Å². The van der Waals surface area contributed by atoms with Gasteiger partial charge in [0.25, 0.3) is 0 Å². The number of esters is 2. The summed E-state index contributed by atoms with van der Waals surface area (Å²) in [6.45, 7) is 3.19. The van der Waals surface area contributed by atoms with E-state index in [9.17, 15) is 9.59 Å². The predicted molar refractivity (Wildman–Crippen MR) is 166 cm³/mol. The maximum absolute atomic E-state index is 13.4. The number of aromatic nitrogens is 6. The van der Waals surface area contributed by atoms with Gasteiger partial charge in [-0.05, 0) is 41.2 Å². The number of benzene rings is 2. The molecule has 0 radical (unpaired) electrons. The molecule has 0 amide bonds. The number of ether oxygens (including phenoxy) is 2. The van der Waals surface area contributed by atoms with Crippen LogP contribution < -0.4 is 0 Å². The van der Waals surface area contributed by atoms with Crippen LogP contribution in [0, 0.1) is 0 Å². The van der Waals surface area contributed by atoms with Crippen LogP contribution in [0.1, 0.15) is 67.8 Å². The second-order valence-corrected chi connectivity index (χ2v) is 11.1. The van der Waals surface area contributed by atoms with E-state index in [1.165, 1.54) is 6.92 Å². The molecule has 2 aromatic heterocycles. The summed E-state index contributed by atoms with van der Waals surface area (Å²) in [5.74, 6) is -0.480. The second-order valence-electron chi connectivity index (χ2n) is 10.7. The quantitative estimate of drug-likeness (QED) is 0.0518. The second kappa shape index (κ2) is 18.4. The van der Waals surface area contributed by atoms with Gasteiger partial charge in [0.1, 0.15) is 18.5 Å². The molecule has 18 nitrogen and oxygen atoms in total. The minimum atomic E-state index is -1.28. The summed E-state index contributed by atoms with van der Waals surface area (Å²) < 4.78 is 12.4. The van der Waals surface area contributed by atoms with Crippen molar-refractivity contribution < 1.29 is 49.6 Å². The number of H-pyrrole nitrogens is 1. The number of aryl methyl sites for hydroxylation is 1. The van der Waals surface area contributed by atoms with Gasteiger partial charge in [0, 0.05) is 31.9 Å². The van der Waals surface area contributed by atoms with Crippen molar-refractivity contribution in [1.29, 1.82) is 0 Å². The van der Waals surface area contributed by atoms with Crippen molar-refractivity contribution in [1.82, 2.24) is 41.0 Å². The fraction of sp³-hybridized carbons (Fsp3) is 0.400. The lowest BCUT2D eigenvalue weighted by Gasteiger charge is -2.19. The minimum absolute atomic E-state index is 0.0153. The van der Waals surface area contributed by atoms with E-state index in [0.29, 0.717) is 18.1 Å². The van der Waals surface area contributed by atoms with Gasteiger partial charge >= 0.3 is 11.9 Å². The highest BCUT2D eigenvalue weighted by Gasteiger charge is 2.26. The molecule has 19 heteroatoms. The van der Waals surface area contributed by atoms with Crippen molar-refractivity contribution >= 4 is 23.5 Å². The number of hydrogen-bond donors (Lipinski definition) is 5. The highest BCUT2D eigenvalue weighted by Crippen LogP contribution is 2.30. The normalized spacial score (nSPS) is 12.8. The first kappa shape index (κ1) is 37.4. The Labute approximate surface area is 285 Å². The third-order valence-electron chi connectivity index (χ3n) is 7.17. The number of carbonyl (C=O) groups excluding carboxylic acids is 2. The van der Waals surface area contributed by atoms with E-state index >= 15 is 0 Å². The van der Waals surface area contributed by atoms with Gasteiger partial charge in [0.05, 0.1) is 10.8 Å². The summed E-state index contributed by atoms with van der Waals surface area (Å²) in [4.78, 5) is 39.3. The molecule has 0 fully saturated rings. The van der Waals surface area contributed by atoms with E-state index in [-0.39, 0.29) is 36.7 Å². The largest absolute Gasteiger partial charge is 0.425 e. The molecule has 4 rings (SSSR count). The van der Waals surface area contributed by atoms with Crippen molar-refractivity contribution in [2.45, 2.75) is 71.3 Å². The Morgan fingerprint density at radius 1 is 1.00 bits per heavy atom. The van der Waals surface area contributed by atoms with Crippen LogP contribution in [-0.4, -0.2) is 92.7 Å². The zero-order valence-electron chi connectivity index (χ0n) is 26.7. The Kier molecular flexibility index (Phi) is 14.1. The number of aromatic amines is 1. The summed E-state index contributed by atoms with van der Waals surface area (Å²) in [7, 11) is 0. The lowest BCUT2D eigenvalue weighted by molar-refractivity contribution is -0.527. The monoisotopic (exact) mass is 704 g/mol. The van der Waals surface area contributed by atoms with Gasteiger partial charge < -0.3 is 14.0 Å². The fourth-order valence-electron chi connectivity index (χ4n) is 4.93. The van der Waals surface area contributed by atoms with E-state index in [1.807, 2.05) is 55.5 Å². The third-order valence-corrected chi connectivity index (χ3v) is 7.43. The van der Waals surface area contributed by atoms with E-state index in [0.717, 1.165) is 35.1 Å². The molecule has 2 heterocycles. The van der Waals surface area contributed by atoms with Crippen LogP contribution in [-0.2, 0) is 36.9 Å². The van der Waals surface area contributed by atoms with Gasteiger partial charge in [-0.3, -0.25) is 25.6 Å². The molecular weight excluding hydrogens is 668 g/mol. The Bertz CT molecular complexity index is 1640. The number of halogens is 1. The summed E-state index contributed by atoms with van der Waals surface area (Å²) in [6.07, 6.45) is -0.106. The third kappa shape index (κ3) is 11.1. The van der Waals surface area contributed by atoms with Gasteiger partial charge in [-0.25, -0.2) is 19.5 Å². The predicted octanol–water partition coefficient (Wildman–Crippen LogP) is 4.38.